The molecule has 1 aromatic carbocycles. The SMILES string of the molecule is COc1cccc(O)c1CN1CCCC(c2[nH]ncc2C(C)C)C1. The third-order valence-corrected chi connectivity index (χ3v) is 4.95. The van der Waals surface area contributed by atoms with Crippen LogP contribution in [-0.2, 0) is 6.54 Å². The number of H-pyrrole nitrogens is 1. The highest BCUT2D eigenvalue weighted by Crippen LogP contribution is 2.34. The number of hydrogen-bond acceptors (Lipinski definition) is 4. The molecule has 24 heavy (non-hydrogen) atoms. The number of nitrogens with zero attached hydrogens (tertiary/aromatic N) is 2. The fourth-order valence-electron chi connectivity index (χ4n) is 3.66. The van der Waals surface area contributed by atoms with Crippen LogP contribution >= 0.6 is 0 Å². The van der Waals surface area contributed by atoms with E-state index in [4.69, 9.17) is 4.74 Å². The van der Waals surface area contributed by atoms with Gasteiger partial charge in [0.2, 0.25) is 0 Å². The predicted octanol–water partition coefficient (Wildman–Crippen LogP) is 3.63. The lowest BCUT2D eigenvalue weighted by molar-refractivity contribution is 0.193. The van der Waals surface area contributed by atoms with Gasteiger partial charge in [-0.15, -0.1) is 0 Å². The number of ether oxygens (including phenoxy) is 1. The number of aromatic amines is 1. The van der Waals surface area contributed by atoms with Crippen LogP contribution in [0.15, 0.2) is 24.4 Å². The van der Waals surface area contributed by atoms with E-state index in [1.165, 1.54) is 17.7 Å². The van der Waals surface area contributed by atoms with Crippen molar-refractivity contribution in [2.45, 2.75) is 45.1 Å². The molecule has 0 saturated carbocycles. The third kappa shape index (κ3) is 3.41. The van der Waals surface area contributed by atoms with Gasteiger partial charge in [-0.2, -0.15) is 5.10 Å². The average Bonchev–Trinajstić information content (AvgIpc) is 3.07. The van der Waals surface area contributed by atoms with Gasteiger partial charge in [0.15, 0.2) is 0 Å². The molecule has 0 aliphatic carbocycles. The molecule has 130 valence electrons. The zero-order valence-electron chi connectivity index (χ0n) is 14.7. The number of aromatic hydroxyl groups is 1. The lowest BCUT2D eigenvalue weighted by Crippen LogP contribution is -2.34. The monoisotopic (exact) mass is 329 g/mol. The summed E-state index contributed by atoms with van der Waals surface area (Å²) in [6.07, 6.45) is 4.29. The number of rotatable bonds is 5. The second-order valence-electron chi connectivity index (χ2n) is 6.93. The van der Waals surface area contributed by atoms with Gasteiger partial charge in [-0.05, 0) is 43.0 Å². The molecule has 2 N–H and O–H groups in total. The van der Waals surface area contributed by atoms with Crippen LogP contribution in [0.25, 0.3) is 0 Å². The van der Waals surface area contributed by atoms with Gasteiger partial charge in [-0.25, -0.2) is 0 Å². The van der Waals surface area contributed by atoms with Gasteiger partial charge < -0.3 is 9.84 Å². The third-order valence-electron chi connectivity index (χ3n) is 4.95. The Bertz CT molecular complexity index is 681. The van der Waals surface area contributed by atoms with Gasteiger partial charge in [-0.3, -0.25) is 10.00 Å². The number of phenols is 1. The fourth-order valence-corrected chi connectivity index (χ4v) is 3.66. The molecule has 1 atom stereocenters. The number of nitrogens with one attached hydrogen (secondary N) is 1. The number of aromatic nitrogens is 2. The highest BCUT2D eigenvalue weighted by molar-refractivity contribution is 5.43. The molecule has 1 unspecified atom stereocenters. The summed E-state index contributed by atoms with van der Waals surface area (Å²) in [5.74, 6) is 2.00. The summed E-state index contributed by atoms with van der Waals surface area (Å²) < 4.78 is 5.41. The first-order valence-corrected chi connectivity index (χ1v) is 8.70. The van der Waals surface area contributed by atoms with Crippen molar-refractivity contribution in [2.24, 2.45) is 0 Å². The van der Waals surface area contributed by atoms with Gasteiger partial charge in [0.1, 0.15) is 11.5 Å². The first kappa shape index (κ1) is 16.8. The molecule has 5 heteroatoms. The Morgan fingerprint density at radius 3 is 3.00 bits per heavy atom. The van der Waals surface area contributed by atoms with Crippen molar-refractivity contribution in [1.29, 1.82) is 0 Å². The Labute approximate surface area is 143 Å². The number of hydrogen-bond donors (Lipinski definition) is 2. The van der Waals surface area contributed by atoms with Crippen LogP contribution in [0.2, 0.25) is 0 Å². The first-order chi connectivity index (χ1) is 11.6. The maximum atomic E-state index is 10.2. The molecular formula is C19H27N3O2. The van der Waals surface area contributed by atoms with Crippen molar-refractivity contribution in [2.75, 3.05) is 20.2 Å². The van der Waals surface area contributed by atoms with Crippen molar-refractivity contribution in [3.63, 3.8) is 0 Å². The number of piperidine rings is 1. The largest absolute Gasteiger partial charge is 0.507 e. The second kappa shape index (κ2) is 7.26. The maximum Gasteiger partial charge on any atom is 0.127 e. The van der Waals surface area contributed by atoms with Gasteiger partial charge >= 0.3 is 0 Å². The van der Waals surface area contributed by atoms with Crippen molar-refractivity contribution in [3.05, 3.63) is 41.2 Å². The van der Waals surface area contributed by atoms with E-state index in [1.54, 1.807) is 13.2 Å². The van der Waals surface area contributed by atoms with Crippen molar-refractivity contribution in [3.8, 4) is 11.5 Å². The molecule has 1 aromatic heterocycles. The smallest absolute Gasteiger partial charge is 0.127 e. The molecule has 0 radical (unpaired) electrons. The summed E-state index contributed by atoms with van der Waals surface area (Å²) in [7, 11) is 1.65. The molecule has 0 bridgehead atoms. The van der Waals surface area contributed by atoms with Crippen LogP contribution in [0.1, 0.15) is 55.3 Å². The van der Waals surface area contributed by atoms with E-state index in [9.17, 15) is 5.11 Å². The topological polar surface area (TPSA) is 61.4 Å². The van der Waals surface area contributed by atoms with Crippen LogP contribution in [-0.4, -0.2) is 40.4 Å². The van der Waals surface area contributed by atoms with Crippen molar-refractivity contribution < 1.29 is 9.84 Å². The number of methoxy groups -OCH3 is 1. The Hall–Kier alpha value is -2.01. The quantitative estimate of drug-likeness (QED) is 0.879. The van der Waals surface area contributed by atoms with E-state index in [2.05, 4.69) is 28.9 Å². The zero-order valence-corrected chi connectivity index (χ0v) is 14.7. The molecule has 0 spiro atoms. The Balaban J connectivity index is 1.76. The minimum Gasteiger partial charge on any atom is -0.507 e. The highest BCUT2D eigenvalue weighted by atomic mass is 16.5. The second-order valence-corrected chi connectivity index (χ2v) is 6.93. The Morgan fingerprint density at radius 2 is 2.25 bits per heavy atom. The Morgan fingerprint density at radius 1 is 1.42 bits per heavy atom. The zero-order chi connectivity index (χ0) is 17.1. The number of benzene rings is 1. The standard InChI is InChI=1S/C19H27N3O2/c1-13(2)15-10-20-21-19(15)14-6-5-9-22(11-14)12-16-17(23)7-4-8-18(16)24-3/h4,7-8,10,13-14,23H,5-6,9,11-12H2,1-3H3,(H,20,21). The average molecular weight is 329 g/mol. The van der Waals surface area contributed by atoms with E-state index in [0.29, 0.717) is 24.1 Å². The maximum absolute atomic E-state index is 10.2. The van der Waals surface area contributed by atoms with Crippen molar-refractivity contribution >= 4 is 0 Å². The van der Waals surface area contributed by atoms with E-state index >= 15 is 0 Å². The summed E-state index contributed by atoms with van der Waals surface area (Å²) in [4.78, 5) is 2.40. The Kier molecular flexibility index (Phi) is 5.09. The molecule has 2 aromatic rings. The van der Waals surface area contributed by atoms with Crippen molar-refractivity contribution in [1.82, 2.24) is 15.1 Å². The molecule has 5 nitrogen and oxygen atoms in total. The van der Waals surface area contributed by atoms with Crippen LogP contribution in [0, 0.1) is 0 Å². The van der Waals surface area contributed by atoms with E-state index in [0.717, 1.165) is 30.8 Å². The predicted molar refractivity (Wildman–Crippen MR) is 94.6 cm³/mol. The number of phenolic OH excluding ortho intramolecular Hbond substituents is 1. The van der Waals surface area contributed by atoms with Gasteiger partial charge in [-0.1, -0.05) is 19.9 Å². The van der Waals surface area contributed by atoms with Crippen LogP contribution < -0.4 is 4.74 Å². The van der Waals surface area contributed by atoms with Crippen LogP contribution in [0.5, 0.6) is 11.5 Å². The molecule has 1 aliphatic heterocycles. The number of likely N-dealkylation sites (tertiary alicyclic amines) is 1. The molecule has 3 rings (SSSR count). The molecule has 0 amide bonds. The summed E-state index contributed by atoms with van der Waals surface area (Å²) in [5.41, 5.74) is 3.47. The first-order valence-electron chi connectivity index (χ1n) is 8.70. The van der Waals surface area contributed by atoms with E-state index < -0.39 is 0 Å². The van der Waals surface area contributed by atoms with Gasteiger partial charge in [0, 0.05) is 30.3 Å². The molecule has 1 aliphatic rings. The minimum absolute atomic E-state index is 0.306. The lowest BCUT2D eigenvalue weighted by atomic mass is 9.89. The van der Waals surface area contributed by atoms with Gasteiger partial charge in [0.05, 0.1) is 13.3 Å². The minimum atomic E-state index is 0.306. The normalized spacial score (nSPS) is 18.9. The lowest BCUT2D eigenvalue weighted by Gasteiger charge is -2.33. The summed E-state index contributed by atoms with van der Waals surface area (Å²) in [6, 6.07) is 5.45. The van der Waals surface area contributed by atoms with Crippen LogP contribution in [0.4, 0.5) is 0 Å². The molecular weight excluding hydrogens is 302 g/mol. The summed E-state index contributed by atoms with van der Waals surface area (Å²) >= 11 is 0. The molecule has 1 fully saturated rings. The molecule has 1 saturated heterocycles. The summed E-state index contributed by atoms with van der Waals surface area (Å²) in [6.45, 7) is 7.14. The fraction of sp³-hybridized carbons (Fsp3) is 0.526. The highest BCUT2D eigenvalue weighted by Gasteiger charge is 2.26. The van der Waals surface area contributed by atoms with E-state index in [1.807, 2.05) is 18.3 Å². The summed E-state index contributed by atoms with van der Waals surface area (Å²) in [5, 5.41) is 17.7. The van der Waals surface area contributed by atoms with Gasteiger partial charge in [0.25, 0.3) is 0 Å². The van der Waals surface area contributed by atoms with E-state index in [-0.39, 0.29) is 0 Å². The van der Waals surface area contributed by atoms with Crippen LogP contribution in [0.3, 0.4) is 0 Å². The molecule has 2 heterocycles.